The van der Waals surface area contributed by atoms with Gasteiger partial charge in [0.15, 0.2) is 5.92 Å². The highest BCUT2D eigenvalue weighted by Gasteiger charge is 2.33. The number of hydrogen-bond acceptors (Lipinski definition) is 6. The van der Waals surface area contributed by atoms with Crippen LogP contribution in [-0.4, -0.2) is 50.6 Å². The van der Waals surface area contributed by atoms with Gasteiger partial charge in [-0.2, -0.15) is 0 Å². The van der Waals surface area contributed by atoms with Crippen LogP contribution in [0.4, 0.5) is 0 Å². The molecule has 2 saturated heterocycles. The average molecular weight is 399 g/mol. The van der Waals surface area contributed by atoms with Crippen molar-refractivity contribution >= 4 is 11.9 Å². The third-order valence-electron chi connectivity index (χ3n) is 5.29. The van der Waals surface area contributed by atoms with Crippen LogP contribution in [0.25, 0.3) is 0 Å². The Labute approximate surface area is 169 Å². The van der Waals surface area contributed by atoms with E-state index in [-0.39, 0.29) is 25.4 Å². The van der Waals surface area contributed by atoms with Crippen LogP contribution < -0.4 is 0 Å². The van der Waals surface area contributed by atoms with Crippen molar-refractivity contribution in [2.75, 3.05) is 26.4 Å². The van der Waals surface area contributed by atoms with E-state index in [1.807, 2.05) is 0 Å². The van der Waals surface area contributed by atoms with Crippen LogP contribution in [0.15, 0.2) is 0 Å². The molecule has 0 aliphatic carbocycles. The van der Waals surface area contributed by atoms with Gasteiger partial charge in [0.1, 0.15) is 25.4 Å². The molecule has 0 aromatic carbocycles. The van der Waals surface area contributed by atoms with Gasteiger partial charge in [0.25, 0.3) is 0 Å². The standard InChI is InChI=1S/C22H38O6/c1-2-3-4-5-6-7-8-9-10-11-12-13-20(21(23)27-16-18-14-25-18)22(24)28-17-19-15-26-19/h18-20H,2-17H2,1H3. The van der Waals surface area contributed by atoms with Gasteiger partial charge in [0.05, 0.1) is 13.2 Å². The number of carbonyl (C=O) groups excluding carboxylic acids is 2. The van der Waals surface area contributed by atoms with Gasteiger partial charge < -0.3 is 18.9 Å². The number of ether oxygens (including phenoxy) is 4. The molecule has 6 heteroatoms. The highest BCUT2D eigenvalue weighted by Crippen LogP contribution is 2.19. The van der Waals surface area contributed by atoms with Crippen molar-refractivity contribution < 1.29 is 28.5 Å². The van der Waals surface area contributed by atoms with Gasteiger partial charge in [-0.25, -0.2) is 0 Å². The third-order valence-corrected chi connectivity index (χ3v) is 5.29. The summed E-state index contributed by atoms with van der Waals surface area (Å²) < 4.78 is 20.6. The number of carbonyl (C=O) groups is 2. The quantitative estimate of drug-likeness (QED) is 0.149. The molecule has 0 radical (unpaired) electrons. The Balaban J connectivity index is 1.54. The minimum absolute atomic E-state index is 0.00228. The predicted molar refractivity (Wildman–Crippen MR) is 106 cm³/mol. The molecule has 162 valence electrons. The molecule has 0 aromatic rings. The maximum atomic E-state index is 12.3. The third kappa shape index (κ3) is 11.0. The Bertz CT molecular complexity index is 416. The average Bonchev–Trinajstić information content (AvgIpc) is 3.60. The topological polar surface area (TPSA) is 77.7 Å². The molecule has 2 heterocycles. The molecular formula is C22H38O6. The summed E-state index contributed by atoms with van der Waals surface area (Å²) in [5.74, 6) is -1.79. The smallest absolute Gasteiger partial charge is 0.320 e. The molecule has 28 heavy (non-hydrogen) atoms. The van der Waals surface area contributed by atoms with Crippen molar-refractivity contribution in [1.29, 1.82) is 0 Å². The SMILES string of the molecule is CCCCCCCCCCCCCC(C(=O)OCC1CO1)C(=O)OCC1CO1. The van der Waals surface area contributed by atoms with Crippen molar-refractivity contribution in [1.82, 2.24) is 0 Å². The molecule has 0 spiro atoms. The highest BCUT2D eigenvalue weighted by molar-refractivity contribution is 5.94. The fraction of sp³-hybridized carbons (Fsp3) is 0.909. The molecule has 2 fully saturated rings. The predicted octanol–water partition coefficient (Wildman–Crippen LogP) is 4.19. The summed E-state index contributed by atoms with van der Waals surface area (Å²) in [5, 5.41) is 0. The molecule has 0 N–H and O–H groups in total. The van der Waals surface area contributed by atoms with Gasteiger partial charge in [-0.3, -0.25) is 9.59 Å². The summed E-state index contributed by atoms with van der Waals surface area (Å²) in [7, 11) is 0. The van der Waals surface area contributed by atoms with Crippen LogP contribution in [0.2, 0.25) is 0 Å². The number of unbranched alkanes of at least 4 members (excludes halogenated alkanes) is 10. The van der Waals surface area contributed by atoms with Gasteiger partial charge in [-0.15, -0.1) is 0 Å². The van der Waals surface area contributed by atoms with Gasteiger partial charge in [0, 0.05) is 0 Å². The Kier molecular flexibility index (Phi) is 11.5. The molecule has 2 aliphatic heterocycles. The summed E-state index contributed by atoms with van der Waals surface area (Å²) in [6.45, 7) is 3.95. The maximum Gasteiger partial charge on any atom is 0.320 e. The van der Waals surface area contributed by atoms with E-state index in [0.717, 1.165) is 19.3 Å². The van der Waals surface area contributed by atoms with E-state index in [0.29, 0.717) is 19.6 Å². The Morgan fingerprint density at radius 1 is 0.750 bits per heavy atom. The number of esters is 2. The molecular weight excluding hydrogens is 360 g/mol. The van der Waals surface area contributed by atoms with Crippen LogP contribution in [0.1, 0.15) is 84.0 Å². The number of epoxide rings is 2. The lowest BCUT2D eigenvalue weighted by molar-refractivity contribution is -0.163. The van der Waals surface area contributed by atoms with Crippen molar-refractivity contribution in [2.24, 2.45) is 5.92 Å². The van der Waals surface area contributed by atoms with E-state index in [4.69, 9.17) is 18.9 Å². The van der Waals surface area contributed by atoms with Crippen LogP contribution in [0.5, 0.6) is 0 Å². The zero-order chi connectivity index (χ0) is 20.0. The first-order valence-electron chi connectivity index (χ1n) is 11.3. The van der Waals surface area contributed by atoms with Crippen LogP contribution in [0.3, 0.4) is 0 Å². The van der Waals surface area contributed by atoms with E-state index in [9.17, 15) is 9.59 Å². The maximum absolute atomic E-state index is 12.3. The van der Waals surface area contributed by atoms with E-state index in [1.165, 1.54) is 51.4 Å². The summed E-state index contributed by atoms with van der Waals surface area (Å²) in [5.41, 5.74) is 0. The molecule has 2 rings (SSSR count). The van der Waals surface area contributed by atoms with E-state index in [2.05, 4.69) is 6.92 Å². The zero-order valence-corrected chi connectivity index (χ0v) is 17.5. The van der Waals surface area contributed by atoms with Crippen LogP contribution in [0, 0.1) is 5.92 Å². The Morgan fingerprint density at radius 3 is 1.54 bits per heavy atom. The summed E-state index contributed by atoms with van der Waals surface area (Å²) in [6.07, 6.45) is 14.1. The second kappa shape index (κ2) is 13.9. The van der Waals surface area contributed by atoms with E-state index in [1.54, 1.807) is 0 Å². The van der Waals surface area contributed by atoms with Crippen molar-refractivity contribution in [2.45, 2.75) is 96.2 Å². The monoisotopic (exact) mass is 398 g/mol. The molecule has 0 saturated carbocycles. The molecule has 0 aromatic heterocycles. The second-order valence-corrected chi connectivity index (χ2v) is 8.05. The number of rotatable bonds is 18. The second-order valence-electron chi connectivity index (χ2n) is 8.05. The first-order valence-corrected chi connectivity index (χ1v) is 11.3. The first-order chi connectivity index (χ1) is 13.7. The molecule has 2 atom stereocenters. The fourth-order valence-electron chi connectivity index (χ4n) is 3.22. The molecule has 6 nitrogen and oxygen atoms in total. The zero-order valence-electron chi connectivity index (χ0n) is 17.5. The van der Waals surface area contributed by atoms with Gasteiger partial charge >= 0.3 is 11.9 Å². The largest absolute Gasteiger partial charge is 0.462 e. The van der Waals surface area contributed by atoms with Crippen LogP contribution in [-0.2, 0) is 28.5 Å². The van der Waals surface area contributed by atoms with E-state index < -0.39 is 17.9 Å². The Morgan fingerprint density at radius 2 is 1.14 bits per heavy atom. The van der Waals surface area contributed by atoms with Crippen molar-refractivity contribution in [3.8, 4) is 0 Å². The molecule has 2 unspecified atom stereocenters. The molecule has 0 bridgehead atoms. The minimum atomic E-state index is -0.823. The summed E-state index contributed by atoms with van der Waals surface area (Å²) in [4.78, 5) is 24.6. The van der Waals surface area contributed by atoms with E-state index >= 15 is 0 Å². The summed E-state index contributed by atoms with van der Waals surface area (Å²) in [6, 6.07) is 0. The highest BCUT2D eigenvalue weighted by atomic mass is 16.6. The minimum Gasteiger partial charge on any atom is -0.462 e. The van der Waals surface area contributed by atoms with Gasteiger partial charge in [0.2, 0.25) is 0 Å². The van der Waals surface area contributed by atoms with Gasteiger partial charge in [-0.05, 0) is 6.42 Å². The van der Waals surface area contributed by atoms with Crippen LogP contribution >= 0.6 is 0 Å². The lowest BCUT2D eigenvalue weighted by Gasteiger charge is -2.14. The lowest BCUT2D eigenvalue weighted by atomic mass is 9.99. The molecule has 0 amide bonds. The fourth-order valence-corrected chi connectivity index (χ4v) is 3.22. The van der Waals surface area contributed by atoms with Crippen molar-refractivity contribution in [3.05, 3.63) is 0 Å². The van der Waals surface area contributed by atoms with Gasteiger partial charge in [-0.1, -0.05) is 77.6 Å². The summed E-state index contributed by atoms with van der Waals surface area (Å²) >= 11 is 0. The first kappa shape index (κ1) is 23.1. The molecule has 2 aliphatic rings. The lowest BCUT2D eigenvalue weighted by Crippen LogP contribution is -2.30. The number of hydrogen-bond donors (Lipinski definition) is 0. The normalized spacial score (nSPS) is 21.2. The van der Waals surface area contributed by atoms with Crippen molar-refractivity contribution in [3.63, 3.8) is 0 Å². The Hall–Kier alpha value is -1.14.